The van der Waals surface area contributed by atoms with Gasteiger partial charge in [-0.05, 0) is 42.6 Å². The Labute approximate surface area is 124 Å². The lowest BCUT2D eigenvalue weighted by molar-refractivity contribution is 0.280. The Morgan fingerprint density at radius 2 is 1.90 bits per heavy atom. The third kappa shape index (κ3) is 2.41. The van der Waals surface area contributed by atoms with Gasteiger partial charge in [-0.1, -0.05) is 13.8 Å². The lowest BCUT2D eigenvalue weighted by atomic mass is 9.83. The molecule has 112 valence electrons. The first-order valence-corrected chi connectivity index (χ1v) is 9.37. The van der Waals surface area contributed by atoms with E-state index < -0.39 is 9.84 Å². The van der Waals surface area contributed by atoms with Gasteiger partial charge in [-0.25, -0.2) is 8.42 Å². The van der Waals surface area contributed by atoms with Crippen LogP contribution in [0, 0.1) is 5.41 Å². The van der Waals surface area contributed by atoms with E-state index >= 15 is 0 Å². The minimum atomic E-state index is -3.28. The summed E-state index contributed by atoms with van der Waals surface area (Å²) < 4.78 is 29.2. The van der Waals surface area contributed by atoms with Gasteiger partial charge in [0.15, 0.2) is 15.7 Å². The summed E-state index contributed by atoms with van der Waals surface area (Å²) >= 11 is 1.23. The summed E-state index contributed by atoms with van der Waals surface area (Å²) in [6, 6.07) is 0. The second-order valence-electron chi connectivity index (χ2n) is 6.60. The van der Waals surface area contributed by atoms with Crippen molar-refractivity contribution < 1.29 is 8.42 Å². The Balaban J connectivity index is 1.92. The van der Waals surface area contributed by atoms with Gasteiger partial charge in [-0.3, -0.25) is 0 Å². The maximum atomic E-state index is 12.5. The third-order valence-electron chi connectivity index (χ3n) is 4.31. The summed E-state index contributed by atoms with van der Waals surface area (Å²) in [6.07, 6.45) is 3.63. The molecule has 2 heterocycles. The number of piperidine rings is 1. The molecule has 1 aromatic rings. The molecule has 20 heavy (non-hydrogen) atoms. The molecule has 2 N–H and O–H groups in total. The van der Waals surface area contributed by atoms with Crippen LogP contribution in [0.2, 0.25) is 0 Å². The van der Waals surface area contributed by atoms with Crippen LogP contribution in [-0.2, 0) is 9.84 Å². The topological polar surface area (TPSA) is 76.3 Å². The van der Waals surface area contributed by atoms with Crippen LogP contribution in [0.5, 0.6) is 0 Å². The summed E-state index contributed by atoms with van der Waals surface area (Å²) in [7, 11) is -3.28. The van der Waals surface area contributed by atoms with Crippen molar-refractivity contribution in [2.45, 2.75) is 49.7 Å². The molecule has 1 aromatic heterocycles. The Morgan fingerprint density at radius 3 is 2.45 bits per heavy atom. The predicted octanol–water partition coefficient (Wildman–Crippen LogP) is 2.29. The molecule has 2 fully saturated rings. The standard InChI is InChI=1S/C13H21N3O2S2/c1-13(2)5-7-16(8-6-13)12-10(11(14)15-19-12)20(17,18)9-3-4-9/h9H,3-8H2,1-2H3,(H2,14,15). The summed E-state index contributed by atoms with van der Waals surface area (Å²) in [4.78, 5) is 2.44. The fourth-order valence-electron chi connectivity index (χ4n) is 2.61. The third-order valence-corrected chi connectivity index (χ3v) is 7.68. The number of nitrogens with zero attached hydrogens (tertiary/aromatic N) is 2. The highest BCUT2D eigenvalue weighted by Gasteiger charge is 2.42. The van der Waals surface area contributed by atoms with Gasteiger partial charge in [0.1, 0.15) is 9.90 Å². The molecule has 7 heteroatoms. The van der Waals surface area contributed by atoms with Gasteiger partial charge >= 0.3 is 0 Å². The van der Waals surface area contributed by atoms with E-state index in [0.29, 0.717) is 10.3 Å². The van der Waals surface area contributed by atoms with E-state index in [-0.39, 0.29) is 11.1 Å². The Morgan fingerprint density at radius 1 is 1.30 bits per heavy atom. The minimum absolute atomic E-state index is 0.182. The molecule has 2 aliphatic rings. The van der Waals surface area contributed by atoms with Crippen LogP contribution in [-0.4, -0.2) is 31.1 Å². The first-order chi connectivity index (χ1) is 9.31. The normalized spacial score (nSPS) is 23.0. The number of nitrogens with two attached hydrogens (primary N) is 1. The van der Waals surface area contributed by atoms with Crippen LogP contribution in [0.15, 0.2) is 4.90 Å². The monoisotopic (exact) mass is 315 g/mol. The van der Waals surface area contributed by atoms with E-state index in [1.165, 1.54) is 11.5 Å². The Bertz CT molecular complexity index is 608. The number of aromatic nitrogens is 1. The molecule has 0 radical (unpaired) electrons. The van der Waals surface area contributed by atoms with Gasteiger partial charge in [0, 0.05) is 13.1 Å². The average Bonchev–Trinajstić information content (AvgIpc) is 3.14. The van der Waals surface area contributed by atoms with Gasteiger partial charge in [0.2, 0.25) is 0 Å². The number of hydrogen-bond donors (Lipinski definition) is 1. The predicted molar refractivity (Wildman–Crippen MR) is 82.0 cm³/mol. The van der Waals surface area contributed by atoms with E-state index in [9.17, 15) is 8.42 Å². The number of nitrogen functional groups attached to an aromatic ring is 1. The van der Waals surface area contributed by atoms with Gasteiger partial charge in [-0.2, -0.15) is 4.37 Å². The first-order valence-electron chi connectivity index (χ1n) is 7.05. The lowest BCUT2D eigenvalue weighted by Crippen LogP contribution is -2.37. The maximum Gasteiger partial charge on any atom is 0.187 e. The fraction of sp³-hybridized carbons (Fsp3) is 0.769. The molecular formula is C13H21N3O2S2. The summed E-state index contributed by atoms with van der Waals surface area (Å²) in [5, 5.41) is 0.520. The summed E-state index contributed by atoms with van der Waals surface area (Å²) in [6.45, 7) is 6.27. The van der Waals surface area contributed by atoms with E-state index in [1.54, 1.807) is 0 Å². The quantitative estimate of drug-likeness (QED) is 0.926. The van der Waals surface area contributed by atoms with Crippen molar-refractivity contribution in [3.8, 4) is 0 Å². The van der Waals surface area contributed by atoms with Crippen LogP contribution in [0.3, 0.4) is 0 Å². The van der Waals surface area contributed by atoms with E-state index in [1.807, 2.05) is 0 Å². The molecule has 5 nitrogen and oxygen atoms in total. The van der Waals surface area contributed by atoms with Crippen LogP contribution in [0.25, 0.3) is 0 Å². The second-order valence-corrected chi connectivity index (χ2v) is 9.51. The highest BCUT2D eigenvalue weighted by molar-refractivity contribution is 7.92. The average molecular weight is 315 g/mol. The number of rotatable bonds is 3. The van der Waals surface area contributed by atoms with Gasteiger partial charge in [-0.15, -0.1) is 0 Å². The van der Waals surface area contributed by atoms with E-state index in [4.69, 9.17) is 5.73 Å². The molecule has 0 bridgehead atoms. The Hall–Kier alpha value is -0.820. The van der Waals surface area contributed by atoms with Crippen molar-refractivity contribution >= 4 is 32.2 Å². The van der Waals surface area contributed by atoms with E-state index in [0.717, 1.165) is 43.8 Å². The molecule has 1 aliphatic heterocycles. The molecule has 0 unspecified atom stereocenters. The second kappa shape index (κ2) is 4.59. The zero-order chi connectivity index (χ0) is 14.5. The zero-order valence-electron chi connectivity index (χ0n) is 11.9. The van der Waals surface area contributed by atoms with Crippen molar-refractivity contribution in [2.75, 3.05) is 23.7 Å². The largest absolute Gasteiger partial charge is 0.382 e. The van der Waals surface area contributed by atoms with Crippen LogP contribution >= 0.6 is 11.5 Å². The zero-order valence-corrected chi connectivity index (χ0v) is 13.6. The molecule has 1 aliphatic carbocycles. The lowest BCUT2D eigenvalue weighted by Gasteiger charge is -2.37. The number of hydrogen-bond acceptors (Lipinski definition) is 6. The SMILES string of the molecule is CC1(C)CCN(c2snc(N)c2S(=O)(=O)C2CC2)CC1. The Kier molecular flexibility index (Phi) is 3.25. The fourth-order valence-corrected chi connectivity index (χ4v) is 5.69. The molecular weight excluding hydrogens is 294 g/mol. The molecule has 1 saturated heterocycles. The van der Waals surface area contributed by atoms with Crippen molar-refractivity contribution in [3.05, 3.63) is 0 Å². The highest BCUT2D eigenvalue weighted by atomic mass is 32.2. The molecule has 1 saturated carbocycles. The minimum Gasteiger partial charge on any atom is -0.382 e. The van der Waals surface area contributed by atoms with Crippen LogP contribution in [0.4, 0.5) is 10.8 Å². The first kappa shape index (κ1) is 14.1. The van der Waals surface area contributed by atoms with Crippen molar-refractivity contribution in [1.82, 2.24) is 4.37 Å². The van der Waals surface area contributed by atoms with Crippen molar-refractivity contribution in [1.29, 1.82) is 0 Å². The molecule has 0 spiro atoms. The van der Waals surface area contributed by atoms with Crippen LogP contribution < -0.4 is 10.6 Å². The van der Waals surface area contributed by atoms with Gasteiger partial charge in [0.05, 0.1) is 5.25 Å². The molecule has 0 atom stereocenters. The molecule has 0 amide bonds. The summed E-state index contributed by atoms with van der Waals surface area (Å²) in [5.74, 6) is 0.182. The smallest absolute Gasteiger partial charge is 0.187 e. The highest BCUT2D eigenvalue weighted by Crippen LogP contribution is 2.44. The van der Waals surface area contributed by atoms with E-state index in [2.05, 4.69) is 23.1 Å². The molecule has 0 aromatic carbocycles. The van der Waals surface area contributed by atoms with Gasteiger partial charge in [0.25, 0.3) is 0 Å². The van der Waals surface area contributed by atoms with Gasteiger partial charge < -0.3 is 10.6 Å². The summed E-state index contributed by atoms with van der Waals surface area (Å²) in [5.41, 5.74) is 6.18. The molecule has 3 rings (SSSR count). The van der Waals surface area contributed by atoms with Crippen LogP contribution in [0.1, 0.15) is 39.5 Å². The van der Waals surface area contributed by atoms with Crippen molar-refractivity contribution in [2.24, 2.45) is 5.41 Å². The van der Waals surface area contributed by atoms with Crippen molar-refractivity contribution in [3.63, 3.8) is 0 Å². The number of sulfone groups is 1. The maximum absolute atomic E-state index is 12.5. The number of anilines is 2.